The van der Waals surface area contributed by atoms with Crippen LogP contribution in [0.15, 0.2) is 18.2 Å². The van der Waals surface area contributed by atoms with Gasteiger partial charge in [0.25, 0.3) is 0 Å². The normalized spacial score (nSPS) is 18.9. The van der Waals surface area contributed by atoms with Crippen molar-refractivity contribution in [2.24, 2.45) is 5.92 Å². The molecular formula is C12H8ClN3O. The van der Waals surface area contributed by atoms with E-state index in [0.717, 1.165) is 0 Å². The van der Waals surface area contributed by atoms with Gasteiger partial charge in [-0.25, -0.2) is 0 Å². The maximum absolute atomic E-state index is 11.7. The first-order chi connectivity index (χ1) is 8.15. The lowest BCUT2D eigenvalue weighted by molar-refractivity contribution is -0.117. The van der Waals surface area contributed by atoms with E-state index in [4.69, 9.17) is 22.1 Å². The molecule has 1 fully saturated rings. The molecule has 2 rings (SSSR count). The Balaban J connectivity index is 2.42. The van der Waals surface area contributed by atoms with E-state index in [1.807, 2.05) is 6.07 Å². The van der Waals surface area contributed by atoms with Crippen LogP contribution in [0.25, 0.3) is 0 Å². The van der Waals surface area contributed by atoms with E-state index < -0.39 is 0 Å². The smallest absolute Gasteiger partial charge is 0.228 e. The van der Waals surface area contributed by atoms with Crippen LogP contribution in [0.2, 0.25) is 5.02 Å². The number of halogens is 1. The Morgan fingerprint density at radius 2 is 2.18 bits per heavy atom. The van der Waals surface area contributed by atoms with Crippen LogP contribution in [0.4, 0.5) is 5.69 Å². The maximum atomic E-state index is 11.7. The van der Waals surface area contributed by atoms with E-state index in [-0.39, 0.29) is 18.2 Å². The van der Waals surface area contributed by atoms with E-state index in [1.165, 1.54) is 4.90 Å². The Hall–Kier alpha value is -2.04. The Morgan fingerprint density at radius 1 is 1.41 bits per heavy atom. The van der Waals surface area contributed by atoms with Gasteiger partial charge in [0.2, 0.25) is 5.91 Å². The van der Waals surface area contributed by atoms with E-state index in [9.17, 15) is 4.79 Å². The molecule has 1 aliphatic rings. The molecule has 1 unspecified atom stereocenters. The number of carbonyl (C=O) groups is 1. The number of nitriles is 2. The molecule has 1 aromatic rings. The molecule has 0 aromatic heterocycles. The summed E-state index contributed by atoms with van der Waals surface area (Å²) in [6.07, 6.45) is 0.202. The van der Waals surface area contributed by atoms with Gasteiger partial charge in [0, 0.05) is 18.0 Å². The lowest BCUT2D eigenvalue weighted by Gasteiger charge is -2.17. The maximum Gasteiger partial charge on any atom is 0.228 e. The minimum absolute atomic E-state index is 0.143. The lowest BCUT2D eigenvalue weighted by atomic mass is 10.1. The molecule has 0 saturated carbocycles. The summed E-state index contributed by atoms with van der Waals surface area (Å²) < 4.78 is 0. The molecular weight excluding hydrogens is 238 g/mol. The highest BCUT2D eigenvalue weighted by Crippen LogP contribution is 2.29. The van der Waals surface area contributed by atoms with Gasteiger partial charge in [0.1, 0.15) is 6.07 Å². The van der Waals surface area contributed by atoms with Crippen LogP contribution >= 0.6 is 11.6 Å². The topological polar surface area (TPSA) is 67.9 Å². The molecule has 4 nitrogen and oxygen atoms in total. The third-order valence-corrected chi connectivity index (χ3v) is 2.91. The summed E-state index contributed by atoms with van der Waals surface area (Å²) in [5.74, 6) is -0.455. The van der Waals surface area contributed by atoms with Gasteiger partial charge in [-0.1, -0.05) is 11.6 Å². The predicted octanol–water partition coefficient (Wildman–Crippen LogP) is 2.09. The van der Waals surface area contributed by atoms with Crippen LogP contribution < -0.4 is 4.90 Å². The first-order valence-corrected chi connectivity index (χ1v) is 5.43. The SMILES string of the molecule is N#Cc1ccc(Cl)cc1N1CC(C#N)CC1=O. The number of nitrogens with zero attached hydrogens (tertiary/aromatic N) is 3. The van der Waals surface area contributed by atoms with Crippen LogP contribution in [-0.2, 0) is 4.79 Å². The number of carbonyl (C=O) groups excluding carboxylic acids is 1. The number of benzene rings is 1. The molecule has 1 aromatic carbocycles. The fourth-order valence-corrected chi connectivity index (χ4v) is 2.02. The summed E-state index contributed by atoms with van der Waals surface area (Å²) in [5.41, 5.74) is 0.879. The van der Waals surface area contributed by atoms with Crippen molar-refractivity contribution in [3.8, 4) is 12.1 Å². The van der Waals surface area contributed by atoms with Crippen molar-refractivity contribution in [1.82, 2.24) is 0 Å². The molecule has 5 heteroatoms. The lowest BCUT2D eigenvalue weighted by Crippen LogP contribution is -2.25. The van der Waals surface area contributed by atoms with E-state index in [2.05, 4.69) is 6.07 Å². The second-order valence-corrected chi connectivity index (χ2v) is 4.24. The van der Waals surface area contributed by atoms with Gasteiger partial charge in [0.15, 0.2) is 0 Å². The minimum atomic E-state index is -0.312. The molecule has 0 N–H and O–H groups in total. The molecule has 84 valence electrons. The standard InChI is InChI=1S/C12H8ClN3O/c13-10-2-1-9(6-15)11(4-10)16-7-8(5-14)3-12(16)17/h1-2,4,8H,3,7H2. The van der Waals surface area contributed by atoms with Crippen molar-refractivity contribution in [2.75, 3.05) is 11.4 Å². The summed E-state index contributed by atoms with van der Waals surface area (Å²) >= 11 is 5.86. The van der Waals surface area contributed by atoms with Crippen LogP contribution in [0.5, 0.6) is 0 Å². The van der Waals surface area contributed by atoms with Crippen molar-refractivity contribution in [3.63, 3.8) is 0 Å². The number of amides is 1. The van der Waals surface area contributed by atoms with Gasteiger partial charge in [-0.05, 0) is 18.2 Å². The van der Waals surface area contributed by atoms with Crippen LogP contribution in [0.3, 0.4) is 0 Å². The molecule has 0 bridgehead atoms. The zero-order chi connectivity index (χ0) is 12.4. The summed E-state index contributed by atoms with van der Waals surface area (Å²) in [5, 5.41) is 18.3. The van der Waals surface area contributed by atoms with Crippen LogP contribution in [0.1, 0.15) is 12.0 Å². The van der Waals surface area contributed by atoms with Crippen molar-refractivity contribution < 1.29 is 4.79 Å². The Bertz CT molecular complexity index is 556. The summed E-state index contributed by atoms with van der Waals surface area (Å²) in [6, 6.07) is 8.84. The fraction of sp³-hybridized carbons (Fsp3) is 0.250. The highest BCUT2D eigenvalue weighted by molar-refractivity contribution is 6.31. The molecule has 0 spiro atoms. The van der Waals surface area contributed by atoms with Crippen molar-refractivity contribution in [1.29, 1.82) is 10.5 Å². The molecule has 1 saturated heterocycles. The second kappa shape index (κ2) is 4.45. The third kappa shape index (κ3) is 2.08. The summed E-state index contributed by atoms with van der Waals surface area (Å²) in [7, 11) is 0. The summed E-state index contributed by atoms with van der Waals surface area (Å²) in [6.45, 7) is 0.324. The molecule has 0 radical (unpaired) electrons. The van der Waals surface area contributed by atoms with Gasteiger partial charge in [-0.15, -0.1) is 0 Å². The van der Waals surface area contributed by atoms with Gasteiger partial charge < -0.3 is 4.90 Å². The molecule has 17 heavy (non-hydrogen) atoms. The number of hydrogen-bond acceptors (Lipinski definition) is 3. The molecule has 1 aliphatic heterocycles. The van der Waals surface area contributed by atoms with E-state index in [0.29, 0.717) is 22.8 Å². The van der Waals surface area contributed by atoms with E-state index in [1.54, 1.807) is 18.2 Å². The van der Waals surface area contributed by atoms with Gasteiger partial charge >= 0.3 is 0 Å². The van der Waals surface area contributed by atoms with Crippen molar-refractivity contribution in [3.05, 3.63) is 28.8 Å². The molecule has 1 heterocycles. The number of rotatable bonds is 1. The fourth-order valence-electron chi connectivity index (χ4n) is 1.85. The zero-order valence-electron chi connectivity index (χ0n) is 8.85. The predicted molar refractivity (Wildman–Crippen MR) is 62.2 cm³/mol. The third-order valence-electron chi connectivity index (χ3n) is 2.68. The Kier molecular flexibility index (Phi) is 2.99. The highest BCUT2D eigenvalue weighted by atomic mass is 35.5. The first kappa shape index (κ1) is 11.4. The number of anilines is 1. The van der Waals surface area contributed by atoms with Gasteiger partial charge in [-0.3, -0.25) is 4.79 Å². The molecule has 1 amide bonds. The average molecular weight is 246 g/mol. The van der Waals surface area contributed by atoms with Crippen LogP contribution in [-0.4, -0.2) is 12.5 Å². The first-order valence-electron chi connectivity index (χ1n) is 5.05. The quantitative estimate of drug-likeness (QED) is 0.761. The molecule has 0 aliphatic carbocycles. The van der Waals surface area contributed by atoms with Gasteiger partial charge in [-0.2, -0.15) is 10.5 Å². The average Bonchev–Trinajstić information content (AvgIpc) is 2.70. The monoisotopic (exact) mass is 245 g/mol. The largest absolute Gasteiger partial charge is 0.310 e. The Morgan fingerprint density at radius 3 is 2.76 bits per heavy atom. The Labute approximate surface area is 104 Å². The second-order valence-electron chi connectivity index (χ2n) is 3.81. The zero-order valence-corrected chi connectivity index (χ0v) is 9.61. The summed E-state index contributed by atoms with van der Waals surface area (Å²) in [4.78, 5) is 13.2. The van der Waals surface area contributed by atoms with Crippen molar-refractivity contribution in [2.45, 2.75) is 6.42 Å². The number of hydrogen-bond donors (Lipinski definition) is 0. The molecule has 1 atom stereocenters. The minimum Gasteiger partial charge on any atom is -0.310 e. The van der Waals surface area contributed by atoms with Gasteiger partial charge in [0.05, 0.1) is 23.2 Å². The van der Waals surface area contributed by atoms with Crippen molar-refractivity contribution >= 4 is 23.2 Å². The highest BCUT2D eigenvalue weighted by Gasteiger charge is 2.31. The van der Waals surface area contributed by atoms with E-state index >= 15 is 0 Å². The van der Waals surface area contributed by atoms with Crippen LogP contribution in [0, 0.1) is 28.6 Å².